The van der Waals surface area contributed by atoms with E-state index in [1.807, 2.05) is 11.3 Å². The third kappa shape index (κ3) is 3.69. The van der Waals surface area contributed by atoms with E-state index in [0.29, 0.717) is 0 Å². The van der Waals surface area contributed by atoms with Gasteiger partial charge in [0.05, 0.1) is 16.7 Å². The number of fused-ring (bicyclic) bond motifs is 6. The summed E-state index contributed by atoms with van der Waals surface area (Å²) >= 11 is 1.88. The summed E-state index contributed by atoms with van der Waals surface area (Å²) in [6.45, 7) is 2.20. The van der Waals surface area contributed by atoms with Gasteiger partial charge in [-0.2, -0.15) is 0 Å². The third-order valence-corrected chi connectivity index (χ3v) is 10.1. The number of hydrogen-bond donors (Lipinski definition) is 0. The molecule has 0 spiro atoms. The van der Waals surface area contributed by atoms with E-state index in [1.54, 1.807) is 0 Å². The minimum atomic E-state index is 0.842. The number of aryl methyl sites for hydroxylation is 1. The molecule has 0 N–H and O–H groups in total. The fourth-order valence-electron chi connectivity index (χ4n) is 7.04. The van der Waals surface area contributed by atoms with Crippen molar-refractivity contribution in [1.29, 1.82) is 0 Å². The van der Waals surface area contributed by atoms with E-state index in [9.17, 15) is 0 Å². The highest BCUT2D eigenvalue weighted by atomic mass is 32.1. The van der Waals surface area contributed by atoms with E-state index in [2.05, 4.69) is 151 Å². The molecule has 3 heteroatoms. The van der Waals surface area contributed by atoms with Crippen LogP contribution in [0.1, 0.15) is 12.7 Å². The molecule has 0 saturated heterocycles. The zero-order chi connectivity index (χ0) is 29.2. The maximum Gasteiger partial charge on any atom is 0.114 e. The molecule has 44 heavy (non-hydrogen) atoms. The van der Waals surface area contributed by atoms with Crippen molar-refractivity contribution in [3.63, 3.8) is 0 Å². The Morgan fingerprint density at radius 1 is 0.568 bits per heavy atom. The maximum absolute atomic E-state index is 5.10. The molecule has 2 nitrogen and oxygen atoms in total. The quantitative estimate of drug-likeness (QED) is 0.189. The minimum absolute atomic E-state index is 0.842. The van der Waals surface area contributed by atoms with Gasteiger partial charge in [-0.05, 0) is 63.4 Å². The third-order valence-electron chi connectivity index (χ3n) is 8.94. The lowest BCUT2D eigenvalue weighted by atomic mass is 9.87. The molecule has 9 rings (SSSR count). The Bertz CT molecular complexity index is 2540. The maximum atomic E-state index is 5.10. The first kappa shape index (κ1) is 25.3. The van der Waals surface area contributed by atoms with Gasteiger partial charge in [-0.3, -0.25) is 4.57 Å². The van der Waals surface area contributed by atoms with Crippen molar-refractivity contribution in [2.75, 3.05) is 0 Å². The van der Waals surface area contributed by atoms with Crippen molar-refractivity contribution in [3.8, 4) is 27.9 Å². The van der Waals surface area contributed by atoms with Crippen molar-refractivity contribution in [2.45, 2.75) is 13.3 Å². The first-order valence-electron chi connectivity index (χ1n) is 15.2. The van der Waals surface area contributed by atoms with Crippen LogP contribution in [0, 0.1) is 0 Å². The topological polar surface area (TPSA) is 17.8 Å². The molecule has 0 aliphatic heterocycles. The number of imidazole rings is 1. The predicted octanol–water partition coefficient (Wildman–Crippen LogP) is 11.6. The molecular formula is C41H28N2S. The van der Waals surface area contributed by atoms with Gasteiger partial charge >= 0.3 is 0 Å². The summed E-state index contributed by atoms with van der Waals surface area (Å²) in [5, 5.41) is 7.62. The van der Waals surface area contributed by atoms with Crippen LogP contribution < -0.4 is 0 Å². The second-order valence-electron chi connectivity index (χ2n) is 11.4. The highest BCUT2D eigenvalue weighted by Gasteiger charge is 2.22. The molecule has 0 unspecified atom stereocenters. The Morgan fingerprint density at radius 2 is 1.27 bits per heavy atom. The molecule has 0 radical (unpaired) electrons. The number of benzene rings is 7. The zero-order valence-corrected chi connectivity index (χ0v) is 25.1. The van der Waals surface area contributed by atoms with Crippen LogP contribution in [-0.4, -0.2) is 9.55 Å². The summed E-state index contributed by atoms with van der Waals surface area (Å²) in [7, 11) is 0. The molecule has 0 saturated carbocycles. The summed E-state index contributed by atoms with van der Waals surface area (Å²) in [6, 6.07) is 50.9. The second kappa shape index (κ2) is 9.90. The summed E-state index contributed by atoms with van der Waals surface area (Å²) in [4.78, 5) is 5.10. The Morgan fingerprint density at radius 3 is 2.14 bits per heavy atom. The zero-order valence-electron chi connectivity index (χ0n) is 24.3. The van der Waals surface area contributed by atoms with Crippen molar-refractivity contribution < 1.29 is 0 Å². The van der Waals surface area contributed by atoms with Gasteiger partial charge in [0, 0.05) is 37.4 Å². The van der Waals surface area contributed by atoms with Crippen LogP contribution in [0.25, 0.3) is 80.7 Å². The van der Waals surface area contributed by atoms with Gasteiger partial charge in [0.1, 0.15) is 5.82 Å². The molecule has 2 aromatic heterocycles. The fraction of sp³-hybridized carbons (Fsp3) is 0.0488. The van der Waals surface area contributed by atoms with Crippen LogP contribution in [0.2, 0.25) is 0 Å². The predicted molar refractivity (Wildman–Crippen MR) is 189 cm³/mol. The smallest absolute Gasteiger partial charge is 0.114 e. The highest BCUT2D eigenvalue weighted by Crippen LogP contribution is 2.47. The first-order chi connectivity index (χ1) is 21.8. The average Bonchev–Trinajstić information content (AvgIpc) is 3.66. The molecule has 208 valence electrons. The van der Waals surface area contributed by atoms with E-state index >= 15 is 0 Å². The molecule has 0 bridgehead atoms. The number of aromatic nitrogens is 2. The van der Waals surface area contributed by atoms with Crippen molar-refractivity contribution >= 4 is 64.1 Å². The number of para-hydroxylation sites is 2. The number of nitrogens with zero attached hydrogens (tertiary/aromatic N) is 2. The van der Waals surface area contributed by atoms with Crippen LogP contribution in [0.3, 0.4) is 0 Å². The van der Waals surface area contributed by atoms with Crippen molar-refractivity contribution in [1.82, 2.24) is 9.55 Å². The second-order valence-corrected chi connectivity index (χ2v) is 12.5. The summed E-state index contributed by atoms with van der Waals surface area (Å²) in [6.07, 6.45) is 0.842. The lowest BCUT2D eigenvalue weighted by Crippen LogP contribution is -2.03. The van der Waals surface area contributed by atoms with E-state index in [0.717, 1.165) is 23.3 Å². The van der Waals surface area contributed by atoms with Crippen LogP contribution in [0.4, 0.5) is 0 Å². The summed E-state index contributed by atoms with van der Waals surface area (Å²) < 4.78 is 5.05. The Hall–Kier alpha value is -5.25. The molecular weight excluding hydrogens is 553 g/mol. The molecule has 0 aliphatic carbocycles. The lowest BCUT2D eigenvalue weighted by molar-refractivity contribution is 0.917. The fourth-order valence-corrected chi connectivity index (χ4v) is 8.17. The van der Waals surface area contributed by atoms with Crippen LogP contribution >= 0.6 is 11.3 Å². The van der Waals surface area contributed by atoms with Gasteiger partial charge in [0.2, 0.25) is 0 Å². The van der Waals surface area contributed by atoms with Gasteiger partial charge in [-0.15, -0.1) is 11.3 Å². The van der Waals surface area contributed by atoms with E-state index in [1.165, 1.54) is 69.7 Å². The summed E-state index contributed by atoms with van der Waals surface area (Å²) in [5.41, 5.74) is 8.37. The van der Waals surface area contributed by atoms with Gasteiger partial charge in [-0.1, -0.05) is 116 Å². The molecule has 2 heterocycles. The van der Waals surface area contributed by atoms with Crippen LogP contribution in [0.15, 0.2) is 140 Å². The molecule has 0 fully saturated rings. The van der Waals surface area contributed by atoms with Gasteiger partial charge < -0.3 is 0 Å². The van der Waals surface area contributed by atoms with Gasteiger partial charge in [-0.25, -0.2) is 4.98 Å². The Labute approximate surface area is 259 Å². The monoisotopic (exact) mass is 580 g/mol. The van der Waals surface area contributed by atoms with Crippen LogP contribution in [-0.2, 0) is 6.42 Å². The minimum Gasteiger partial charge on any atom is -0.295 e. The van der Waals surface area contributed by atoms with E-state index in [4.69, 9.17) is 4.98 Å². The molecule has 0 aliphatic rings. The van der Waals surface area contributed by atoms with Crippen molar-refractivity contribution in [3.05, 3.63) is 145 Å². The largest absolute Gasteiger partial charge is 0.295 e. The molecule has 0 amide bonds. The van der Waals surface area contributed by atoms with Gasteiger partial charge in [0.15, 0.2) is 0 Å². The molecule has 0 atom stereocenters. The van der Waals surface area contributed by atoms with E-state index in [-0.39, 0.29) is 0 Å². The first-order valence-corrected chi connectivity index (χ1v) is 16.0. The van der Waals surface area contributed by atoms with Crippen molar-refractivity contribution in [2.24, 2.45) is 0 Å². The normalized spacial score (nSPS) is 11.8. The summed E-state index contributed by atoms with van der Waals surface area (Å²) in [5.74, 6) is 1.07. The number of hydrogen-bond acceptors (Lipinski definition) is 2. The Balaban J connectivity index is 1.50. The number of rotatable bonds is 4. The Kier molecular flexibility index (Phi) is 5.69. The van der Waals surface area contributed by atoms with E-state index < -0.39 is 0 Å². The number of thiophene rings is 1. The lowest BCUT2D eigenvalue weighted by Gasteiger charge is -2.21. The molecule has 7 aromatic carbocycles. The highest BCUT2D eigenvalue weighted by molar-refractivity contribution is 7.25. The SMILES string of the molecule is CCc1nc2ccccc2n1-c1c2ccccc2c(-c2cccc3sc4ccccc4c23)c2cc(-c3ccccc3)ccc12. The average molecular weight is 581 g/mol. The standard InChI is InChI=1S/C41H28N2S/c1-2-38-42-34-19-9-10-20-35(34)43(38)41-29-16-7-6-15-28(29)39(33-25-27(23-24-30(33)41)26-13-4-3-5-14-26)32-18-12-22-37-40(32)31-17-8-11-21-36(31)44-37/h3-25H,2H2,1H3. The van der Waals surface area contributed by atoms with Gasteiger partial charge in [0.25, 0.3) is 0 Å². The molecule has 9 aromatic rings. The van der Waals surface area contributed by atoms with Crippen LogP contribution in [0.5, 0.6) is 0 Å².